The zero-order chi connectivity index (χ0) is 22.7. The average Bonchev–Trinajstić information content (AvgIpc) is 3.19. The highest BCUT2D eigenvalue weighted by atomic mass is 35.5. The summed E-state index contributed by atoms with van der Waals surface area (Å²) in [5.41, 5.74) is 1.24. The Morgan fingerprint density at radius 1 is 1.06 bits per heavy atom. The molecule has 1 N–H and O–H groups in total. The molecule has 4 aromatic rings. The smallest absolute Gasteiger partial charge is 0.237 e. The largest absolute Gasteiger partial charge is 0.322 e. The van der Waals surface area contributed by atoms with Crippen LogP contribution in [0, 0.1) is 5.82 Å². The number of pyridine rings is 1. The first-order chi connectivity index (χ1) is 15.5. The predicted molar refractivity (Wildman–Crippen MR) is 125 cm³/mol. The SMILES string of the molecule is CC(Sc1nnc(-c2ccccc2Cl)n1-c1ccccc1F)C(=O)Nc1cccnc1Cl. The summed E-state index contributed by atoms with van der Waals surface area (Å²) in [6.45, 7) is 1.71. The number of amides is 1. The summed E-state index contributed by atoms with van der Waals surface area (Å²) in [4.78, 5) is 16.7. The Morgan fingerprint density at radius 2 is 1.81 bits per heavy atom. The number of benzene rings is 2. The van der Waals surface area contributed by atoms with Crippen molar-refractivity contribution in [3.8, 4) is 17.1 Å². The molecule has 0 fully saturated rings. The van der Waals surface area contributed by atoms with Crippen LogP contribution in [0.25, 0.3) is 17.1 Å². The van der Waals surface area contributed by atoms with E-state index in [9.17, 15) is 9.18 Å². The summed E-state index contributed by atoms with van der Waals surface area (Å²) < 4.78 is 16.3. The van der Waals surface area contributed by atoms with Gasteiger partial charge in [-0.25, -0.2) is 9.37 Å². The molecular weight excluding hydrogens is 472 g/mol. The van der Waals surface area contributed by atoms with Gasteiger partial charge in [0.05, 0.1) is 21.6 Å². The summed E-state index contributed by atoms with van der Waals surface area (Å²) in [5.74, 6) is -0.403. The van der Waals surface area contributed by atoms with Gasteiger partial charge in [-0.05, 0) is 43.3 Å². The highest BCUT2D eigenvalue weighted by Gasteiger charge is 2.24. The highest BCUT2D eigenvalue weighted by Crippen LogP contribution is 2.34. The summed E-state index contributed by atoms with van der Waals surface area (Å²) in [6, 6.07) is 16.7. The molecule has 2 aromatic heterocycles. The summed E-state index contributed by atoms with van der Waals surface area (Å²) in [7, 11) is 0. The summed E-state index contributed by atoms with van der Waals surface area (Å²) in [6.07, 6.45) is 1.53. The number of anilines is 1. The van der Waals surface area contributed by atoms with E-state index in [2.05, 4.69) is 20.5 Å². The second-order valence-electron chi connectivity index (χ2n) is 6.66. The van der Waals surface area contributed by atoms with Crippen LogP contribution >= 0.6 is 35.0 Å². The fourth-order valence-electron chi connectivity index (χ4n) is 2.94. The molecule has 0 aliphatic carbocycles. The van der Waals surface area contributed by atoms with Gasteiger partial charge in [-0.1, -0.05) is 59.2 Å². The molecule has 162 valence electrons. The molecule has 0 saturated heterocycles. The fourth-order valence-corrected chi connectivity index (χ4v) is 4.19. The van der Waals surface area contributed by atoms with Crippen LogP contribution in [0.3, 0.4) is 0 Å². The van der Waals surface area contributed by atoms with Gasteiger partial charge in [0.2, 0.25) is 5.91 Å². The summed E-state index contributed by atoms with van der Waals surface area (Å²) >= 11 is 13.5. The maximum absolute atomic E-state index is 14.7. The van der Waals surface area contributed by atoms with Crippen LogP contribution in [0.2, 0.25) is 10.2 Å². The van der Waals surface area contributed by atoms with Crippen LogP contribution in [0.1, 0.15) is 6.92 Å². The van der Waals surface area contributed by atoms with E-state index >= 15 is 0 Å². The molecule has 1 amide bonds. The number of hydrogen-bond acceptors (Lipinski definition) is 5. The van der Waals surface area contributed by atoms with Crippen molar-refractivity contribution >= 4 is 46.6 Å². The normalized spacial score (nSPS) is 11.9. The molecule has 0 aliphatic heterocycles. The fraction of sp³-hybridized carbons (Fsp3) is 0.0909. The van der Waals surface area contributed by atoms with E-state index in [1.54, 1.807) is 60.0 Å². The maximum atomic E-state index is 14.7. The Hall–Kier alpha value is -2.94. The van der Waals surface area contributed by atoms with Gasteiger partial charge < -0.3 is 5.32 Å². The quantitative estimate of drug-likeness (QED) is 0.271. The third kappa shape index (κ3) is 4.62. The number of aromatic nitrogens is 4. The lowest BCUT2D eigenvalue weighted by Crippen LogP contribution is -2.23. The van der Waals surface area contributed by atoms with Crippen LogP contribution in [-0.2, 0) is 4.79 Å². The number of carbonyl (C=O) groups excluding carboxylic acids is 1. The van der Waals surface area contributed by atoms with Gasteiger partial charge in [-0.15, -0.1) is 10.2 Å². The van der Waals surface area contributed by atoms with Gasteiger partial charge in [-0.2, -0.15) is 0 Å². The number of thioether (sulfide) groups is 1. The number of halogens is 3. The van der Waals surface area contributed by atoms with Crippen molar-refractivity contribution in [2.24, 2.45) is 0 Å². The molecule has 6 nitrogen and oxygen atoms in total. The van der Waals surface area contributed by atoms with Crippen LogP contribution < -0.4 is 5.32 Å². The molecule has 2 aromatic carbocycles. The number of nitrogens with one attached hydrogen (secondary N) is 1. The second-order valence-corrected chi connectivity index (χ2v) is 8.74. The van der Waals surface area contributed by atoms with Crippen molar-refractivity contribution in [1.82, 2.24) is 19.7 Å². The van der Waals surface area contributed by atoms with Gasteiger partial charge in [-0.3, -0.25) is 9.36 Å². The van der Waals surface area contributed by atoms with Gasteiger partial charge >= 0.3 is 0 Å². The third-order valence-electron chi connectivity index (χ3n) is 4.51. The highest BCUT2D eigenvalue weighted by molar-refractivity contribution is 8.00. The Bertz CT molecular complexity index is 1280. The molecule has 0 bridgehead atoms. The molecule has 0 aliphatic rings. The Kier molecular flexibility index (Phi) is 6.74. The number of rotatable bonds is 6. The first-order valence-corrected chi connectivity index (χ1v) is 11.1. The van der Waals surface area contributed by atoms with Crippen molar-refractivity contribution in [3.63, 3.8) is 0 Å². The standard InChI is InChI=1S/C22H16Cl2FN5OS/c1-13(21(31)27-17-10-6-12-26-19(17)24)32-22-29-28-20(14-7-2-3-8-15(14)23)30(22)18-11-5-4-9-16(18)25/h2-13H,1H3,(H,27,31). The molecule has 32 heavy (non-hydrogen) atoms. The molecule has 0 spiro atoms. The molecule has 1 atom stereocenters. The van der Waals surface area contributed by atoms with Crippen LogP contribution in [0.5, 0.6) is 0 Å². The van der Waals surface area contributed by atoms with E-state index in [0.717, 1.165) is 11.8 Å². The molecular formula is C22H16Cl2FN5OS. The Balaban J connectivity index is 1.70. The molecule has 2 heterocycles. The number of nitrogens with zero attached hydrogens (tertiary/aromatic N) is 4. The van der Waals surface area contributed by atoms with E-state index in [1.165, 1.54) is 12.3 Å². The first kappa shape index (κ1) is 22.3. The molecule has 0 radical (unpaired) electrons. The monoisotopic (exact) mass is 487 g/mol. The van der Waals surface area contributed by atoms with Crippen molar-refractivity contribution in [3.05, 3.63) is 82.9 Å². The van der Waals surface area contributed by atoms with Gasteiger partial charge in [0.25, 0.3) is 0 Å². The van der Waals surface area contributed by atoms with E-state index in [-0.39, 0.29) is 16.7 Å². The van der Waals surface area contributed by atoms with Crippen LogP contribution in [0.4, 0.5) is 10.1 Å². The van der Waals surface area contributed by atoms with E-state index < -0.39 is 11.1 Å². The van der Waals surface area contributed by atoms with Crippen molar-refractivity contribution in [2.75, 3.05) is 5.32 Å². The minimum atomic E-state index is -0.597. The third-order valence-corrected chi connectivity index (χ3v) is 6.18. The molecule has 1 unspecified atom stereocenters. The van der Waals surface area contributed by atoms with Crippen molar-refractivity contribution in [2.45, 2.75) is 17.3 Å². The summed E-state index contributed by atoms with van der Waals surface area (Å²) in [5, 5.41) is 11.6. The minimum Gasteiger partial charge on any atom is -0.322 e. The lowest BCUT2D eigenvalue weighted by molar-refractivity contribution is -0.115. The second kappa shape index (κ2) is 9.68. The zero-order valence-electron chi connectivity index (χ0n) is 16.7. The first-order valence-electron chi connectivity index (χ1n) is 9.49. The molecule has 4 rings (SSSR count). The maximum Gasteiger partial charge on any atom is 0.237 e. The van der Waals surface area contributed by atoms with E-state index in [1.807, 2.05) is 6.07 Å². The van der Waals surface area contributed by atoms with Crippen LogP contribution in [0.15, 0.2) is 72.0 Å². The zero-order valence-corrected chi connectivity index (χ0v) is 19.0. The van der Waals surface area contributed by atoms with Gasteiger partial charge in [0, 0.05) is 11.8 Å². The molecule has 0 saturated carbocycles. The van der Waals surface area contributed by atoms with Crippen molar-refractivity contribution < 1.29 is 9.18 Å². The number of hydrogen-bond donors (Lipinski definition) is 1. The lowest BCUT2D eigenvalue weighted by atomic mass is 10.2. The Labute approximate surface area is 197 Å². The van der Waals surface area contributed by atoms with E-state index in [0.29, 0.717) is 27.3 Å². The minimum absolute atomic E-state index is 0.188. The number of para-hydroxylation sites is 1. The van der Waals surface area contributed by atoms with Gasteiger partial charge in [0.15, 0.2) is 16.1 Å². The van der Waals surface area contributed by atoms with Crippen LogP contribution in [-0.4, -0.2) is 30.9 Å². The lowest BCUT2D eigenvalue weighted by Gasteiger charge is -2.15. The van der Waals surface area contributed by atoms with Gasteiger partial charge in [0.1, 0.15) is 5.82 Å². The predicted octanol–water partition coefficient (Wildman–Crippen LogP) is 5.89. The topological polar surface area (TPSA) is 72.7 Å². The van der Waals surface area contributed by atoms with Crippen molar-refractivity contribution in [1.29, 1.82) is 0 Å². The average molecular weight is 488 g/mol. The van der Waals surface area contributed by atoms with E-state index in [4.69, 9.17) is 23.2 Å². The number of carbonyl (C=O) groups is 1. The Morgan fingerprint density at radius 3 is 2.56 bits per heavy atom. The molecule has 10 heteroatoms.